The summed E-state index contributed by atoms with van der Waals surface area (Å²) in [4.78, 5) is 15.5. The fourth-order valence-electron chi connectivity index (χ4n) is 1.00. The summed E-state index contributed by atoms with van der Waals surface area (Å²) >= 11 is 3.22. The van der Waals surface area contributed by atoms with Gasteiger partial charge >= 0.3 is 6.09 Å². The number of pyridine rings is 1. The molecule has 17 heavy (non-hydrogen) atoms. The van der Waals surface area contributed by atoms with Crippen molar-refractivity contribution >= 4 is 27.7 Å². The van der Waals surface area contributed by atoms with Crippen LogP contribution in [-0.4, -0.2) is 17.7 Å². The molecule has 0 aliphatic carbocycles. The second kappa shape index (κ2) is 6.59. The molecule has 1 rings (SSSR count). The van der Waals surface area contributed by atoms with E-state index in [1.54, 1.807) is 18.3 Å². The van der Waals surface area contributed by atoms with Gasteiger partial charge in [-0.3, -0.25) is 5.32 Å². The van der Waals surface area contributed by atoms with Gasteiger partial charge in [0.25, 0.3) is 0 Å². The van der Waals surface area contributed by atoms with Crippen LogP contribution in [0.2, 0.25) is 0 Å². The molecule has 0 fully saturated rings. The van der Waals surface area contributed by atoms with Crippen molar-refractivity contribution in [2.45, 2.75) is 20.8 Å². The van der Waals surface area contributed by atoms with Crippen LogP contribution in [0.15, 0.2) is 22.9 Å². The Balaban J connectivity index is 2.37. The summed E-state index contributed by atoms with van der Waals surface area (Å²) in [6.07, 6.45) is 1.12. The van der Waals surface area contributed by atoms with Gasteiger partial charge in [0.15, 0.2) is 0 Å². The first-order valence-electron chi connectivity index (χ1n) is 5.54. The maximum Gasteiger partial charge on any atom is 0.411 e. The Kier molecular flexibility index (Phi) is 5.41. The third-order valence-corrected chi connectivity index (χ3v) is 3.06. The lowest BCUT2D eigenvalue weighted by molar-refractivity contribution is 0.133. The first kappa shape index (κ1) is 14.0. The van der Waals surface area contributed by atoms with Gasteiger partial charge in [-0.25, -0.2) is 9.78 Å². The summed E-state index contributed by atoms with van der Waals surface area (Å²) in [5, 5.41) is 2.62. The zero-order valence-corrected chi connectivity index (χ0v) is 11.8. The third kappa shape index (κ3) is 5.17. The van der Waals surface area contributed by atoms with E-state index >= 15 is 0 Å². The summed E-state index contributed by atoms with van der Waals surface area (Å²) < 4.78 is 5.84. The number of nitrogens with zero attached hydrogens (tertiary/aromatic N) is 1. The fourth-order valence-corrected chi connectivity index (χ4v) is 1.24. The summed E-state index contributed by atoms with van der Waals surface area (Å²) in [6, 6.07) is 3.51. The zero-order valence-electron chi connectivity index (χ0n) is 10.2. The van der Waals surface area contributed by atoms with Gasteiger partial charge in [-0.05, 0) is 39.9 Å². The van der Waals surface area contributed by atoms with Gasteiger partial charge in [-0.15, -0.1) is 0 Å². The standard InChI is InChI=1S/C12H17BrN2O2/c1-8(2)9(3)7-17-12(16)15-10-4-5-11(13)14-6-10/h4-6,8-9H,7H2,1-3H3,(H,15,16). The number of hydrogen-bond donors (Lipinski definition) is 1. The van der Waals surface area contributed by atoms with Gasteiger partial charge in [-0.1, -0.05) is 20.8 Å². The van der Waals surface area contributed by atoms with E-state index in [0.29, 0.717) is 24.1 Å². The molecule has 0 aliphatic rings. The molecule has 4 nitrogen and oxygen atoms in total. The molecule has 0 saturated carbocycles. The summed E-state index contributed by atoms with van der Waals surface area (Å²) in [5.74, 6) is 0.848. The molecule has 0 radical (unpaired) electrons. The Morgan fingerprint density at radius 3 is 2.71 bits per heavy atom. The molecule has 1 unspecified atom stereocenters. The van der Waals surface area contributed by atoms with E-state index in [0.717, 1.165) is 4.60 Å². The highest BCUT2D eigenvalue weighted by Crippen LogP contribution is 2.12. The Labute approximate surface area is 110 Å². The van der Waals surface area contributed by atoms with E-state index in [-0.39, 0.29) is 0 Å². The molecule has 94 valence electrons. The lowest BCUT2D eigenvalue weighted by atomic mass is 10.00. The lowest BCUT2D eigenvalue weighted by Gasteiger charge is -2.15. The number of hydrogen-bond acceptors (Lipinski definition) is 3. The van der Waals surface area contributed by atoms with E-state index < -0.39 is 6.09 Å². The topological polar surface area (TPSA) is 51.2 Å². The molecule has 0 aromatic carbocycles. The molecular formula is C12H17BrN2O2. The lowest BCUT2D eigenvalue weighted by Crippen LogP contribution is -2.20. The van der Waals surface area contributed by atoms with Crippen molar-refractivity contribution in [3.05, 3.63) is 22.9 Å². The van der Waals surface area contributed by atoms with Gasteiger partial charge in [0.2, 0.25) is 0 Å². The van der Waals surface area contributed by atoms with Crippen molar-refractivity contribution in [1.82, 2.24) is 4.98 Å². The normalized spacial score (nSPS) is 12.3. The highest BCUT2D eigenvalue weighted by molar-refractivity contribution is 9.10. The number of nitrogens with one attached hydrogen (secondary N) is 1. The third-order valence-electron chi connectivity index (χ3n) is 2.59. The number of halogens is 1. The first-order valence-corrected chi connectivity index (χ1v) is 6.33. The number of ether oxygens (including phenoxy) is 1. The molecule has 0 bridgehead atoms. The zero-order chi connectivity index (χ0) is 12.8. The van der Waals surface area contributed by atoms with E-state index in [9.17, 15) is 4.79 Å². The summed E-state index contributed by atoms with van der Waals surface area (Å²) in [7, 11) is 0. The van der Waals surface area contributed by atoms with Crippen LogP contribution in [-0.2, 0) is 4.74 Å². The highest BCUT2D eigenvalue weighted by atomic mass is 79.9. The van der Waals surface area contributed by atoms with Crippen molar-refractivity contribution in [2.24, 2.45) is 11.8 Å². The molecule has 5 heteroatoms. The van der Waals surface area contributed by atoms with E-state index in [4.69, 9.17) is 4.74 Å². The van der Waals surface area contributed by atoms with Crippen LogP contribution in [0.5, 0.6) is 0 Å². The van der Waals surface area contributed by atoms with Crippen LogP contribution >= 0.6 is 15.9 Å². The maximum absolute atomic E-state index is 11.5. The van der Waals surface area contributed by atoms with Crippen molar-refractivity contribution < 1.29 is 9.53 Å². The average Bonchev–Trinajstić information content (AvgIpc) is 2.29. The Hall–Kier alpha value is -1.10. The second-order valence-corrected chi connectivity index (χ2v) is 5.13. The number of aromatic nitrogens is 1. The Bertz CT molecular complexity index is 365. The predicted molar refractivity (Wildman–Crippen MR) is 70.9 cm³/mol. The molecular weight excluding hydrogens is 284 g/mol. The molecule has 1 N–H and O–H groups in total. The van der Waals surface area contributed by atoms with Gasteiger partial charge in [0.05, 0.1) is 18.5 Å². The number of carbonyl (C=O) groups excluding carboxylic acids is 1. The van der Waals surface area contributed by atoms with Crippen LogP contribution in [0.4, 0.5) is 10.5 Å². The van der Waals surface area contributed by atoms with Gasteiger partial charge in [0, 0.05) is 0 Å². The van der Waals surface area contributed by atoms with Crippen molar-refractivity contribution in [3.8, 4) is 0 Å². The summed E-state index contributed by atoms with van der Waals surface area (Å²) in [6.45, 7) is 6.68. The number of rotatable bonds is 4. The first-order chi connectivity index (χ1) is 7.99. The highest BCUT2D eigenvalue weighted by Gasteiger charge is 2.10. The van der Waals surface area contributed by atoms with Crippen molar-refractivity contribution in [3.63, 3.8) is 0 Å². The quantitative estimate of drug-likeness (QED) is 0.863. The molecule has 1 amide bonds. The van der Waals surface area contributed by atoms with E-state index in [1.807, 2.05) is 0 Å². The van der Waals surface area contributed by atoms with E-state index in [1.165, 1.54) is 0 Å². The molecule has 0 aliphatic heterocycles. The van der Waals surface area contributed by atoms with Gasteiger partial charge in [0.1, 0.15) is 4.60 Å². The fraction of sp³-hybridized carbons (Fsp3) is 0.500. The molecule has 1 aromatic heterocycles. The second-order valence-electron chi connectivity index (χ2n) is 4.31. The summed E-state index contributed by atoms with van der Waals surface area (Å²) in [5.41, 5.74) is 0.621. The van der Waals surface area contributed by atoms with Crippen LogP contribution in [0.25, 0.3) is 0 Å². The van der Waals surface area contributed by atoms with Gasteiger partial charge in [-0.2, -0.15) is 0 Å². The number of amides is 1. The van der Waals surface area contributed by atoms with E-state index in [2.05, 4.69) is 47.0 Å². The monoisotopic (exact) mass is 300 g/mol. The number of anilines is 1. The minimum Gasteiger partial charge on any atom is -0.449 e. The minimum absolute atomic E-state index is 0.351. The molecule has 0 saturated heterocycles. The molecule has 1 heterocycles. The Morgan fingerprint density at radius 1 is 1.47 bits per heavy atom. The molecule has 1 aromatic rings. The van der Waals surface area contributed by atoms with Crippen LogP contribution in [0.3, 0.4) is 0 Å². The number of carbonyl (C=O) groups is 1. The van der Waals surface area contributed by atoms with Crippen LogP contribution in [0.1, 0.15) is 20.8 Å². The smallest absolute Gasteiger partial charge is 0.411 e. The maximum atomic E-state index is 11.5. The Morgan fingerprint density at radius 2 is 2.18 bits per heavy atom. The van der Waals surface area contributed by atoms with Crippen molar-refractivity contribution in [2.75, 3.05) is 11.9 Å². The largest absolute Gasteiger partial charge is 0.449 e. The average molecular weight is 301 g/mol. The van der Waals surface area contributed by atoms with Crippen molar-refractivity contribution in [1.29, 1.82) is 0 Å². The molecule has 0 spiro atoms. The van der Waals surface area contributed by atoms with Crippen LogP contribution in [0, 0.1) is 11.8 Å². The minimum atomic E-state index is -0.443. The molecule has 1 atom stereocenters. The SMILES string of the molecule is CC(C)C(C)COC(=O)Nc1ccc(Br)nc1. The van der Waals surface area contributed by atoms with Crippen LogP contribution < -0.4 is 5.32 Å². The van der Waals surface area contributed by atoms with Gasteiger partial charge < -0.3 is 4.74 Å². The predicted octanol–water partition coefficient (Wildman–Crippen LogP) is 3.68.